The van der Waals surface area contributed by atoms with Crippen LogP contribution in [0.3, 0.4) is 0 Å². The summed E-state index contributed by atoms with van der Waals surface area (Å²) in [6.07, 6.45) is 0. The Morgan fingerprint density at radius 3 is 0.931 bits per heavy atom. The normalized spacial score (nSPS) is 13.0. The van der Waals surface area contributed by atoms with Crippen molar-refractivity contribution in [3.8, 4) is 77.9 Å². The van der Waals surface area contributed by atoms with Crippen LogP contribution in [-0.2, 0) is 10.8 Å². The van der Waals surface area contributed by atoms with E-state index in [9.17, 15) is 10.0 Å². The highest BCUT2D eigenvalue weighted by molar-refractivity contribution is 9.10. The van der Waals surface area contributed by atoms with Gasteiger partial charge in [-0.15, -0.1) is 0 Å². The van der Waals surface area contributed by atoms with E-state index in [-0.39, 0.29) is 10.8 Å². The lowest BCUT2D eigenvalue weighted by atomic mass is 9.79. The zero-order valence-electron chi connectivity index (χ0n) is 57.2. The van der Waals surface area contributed by atoms with Crippen LogP contribution in [0.5, 0.6) is 0 Å². The monoisotopic (exact) mass is 1370 g/mol. The number of benzene rings is 18. The Labute approximate surface area is 603 Å². The molecular formula is C98H70BBrO2. The molecule has 18 aromatic carbocycles. The van der Waals surface area contributed by atoms with Gasteiger partial charge < -0.3 is 10.0 Å². The van der Waals surface area contributed by atoms with E-state index < -0.39 is 7.12 Å². The summed E-state index contributed by atoms with van der Waals surface area (Å²) in [5.74, 6) is 0. The Morgan fingerprint density at radius 2 is 0.510 bits per heavy atom. The second-order valence-electron chi connectivity index (χ2n) is 28.7. The standard InChI is InChI=1S/C49H34.C25H19Br.C24H17BO2/c1-49(2)47-14-8-7-13-44(47)45-24-23-38(30-48(45)49)36-19-17-32-25-31(15-16-34(32)27-36)33-18-20-37-28-40(22-21-35(37)26-33)46-29-39-9-3-4-10-41(39)42-11-5-6-12-43(42)46;1-25(2)23-6-4-3-5-21(23)22-12-10-19(15-24(22)25)16-7-8-18-14-20(26)11-9-17(18)13-16;26-25(27)20-12-11-16-13-19(10-9-17(16)14-20)24-15-18-5-1-2-6-21(18)22-7-3-4-8-23(22)24/h3-30H,1-2H3;3-15H,1-2H3;1-15,26-27H. The van der Waals surface area contributed by atoms with E-state index in [2.05, 4.69) is 359 Å². The number of fused-ring (bicyclic) bond motifs is 16. The Kier molecular flexibility index (Phi) is 15.4. The fourth-order valence-corrected chi connectivity index (χ4v) is 16.9. The Bertz CT molecular complexity index is 6460. The zero-order valence-corrected chi connectivity index (χ0v) is 58.8. The molecule has 0 aliphatic heterocycles. The van der Waals surface area contributed by atoms with E-state index in [4.69, 9.17) is 0 Å². The Hall–Kier alpha value is -11.5. The lowest BCUT2D eigenvalue weighted by Gasteiger charge is -2.22. The van der Waals surface area contributed by atoms with E-state index in [0.717, 1.165) is 20.8 Å². The smallest absolute Gasteiger partial charge is 0.423 e. The molecule has 0 aromatic heterocycles. The molecule has 0 bridgehead atoms. The van der Waals surface area contributed by atoms with Crippen LogP contribution in [0.2, 0.25) is 0 Å². The van der Waals surface area contributed by atoms with Gasteiger partial charge in [0.1, 0.15) is 0 Å². The summed E-state index contributed by atoms with van der Waals surface area (Å²) in [5, 5.41) is 38.6. The summed E-state index contributed by atoms with van der Waals surface area (Å²) in [6, 6.07) is 123. The van der Waals surface area contributed by atoms with Crippen LogP contribution in [0.15, 0.2) is 344 Å². The number of rotatable bonds is 6. The number of hydrogen-bond acceptors (Lipinski definition) is 2. The van der Waals surface area contributed by atoms with E-state index >= 15 is 0 Å². The third-order valence-electron chi connectivity index (χ3n) is 22.0. The molecule has 4 heteroatoms. The van der Waals surface area contributed by atoms with Gasteiger partial charge in [-0.05, 0) is 265 Å². The zero-order chi connectivity index (χ0) is 69.0. The molecule has 2 N–H and O–H groups in total. The van der Waals surface area contributed by atoms with E-state index in [1.54, 1.807) is 6.07 Å². The molecule has 0 amide bonds. The Morgan fingerprint density at radius 1 is 0.216 bits per heavy atom. The first kappa shape index (κ1) is 62.7. The van der Waals surface area contributed by atoms with Crippen LogP contribution >= 0.6 is 15.9 Å². The predicted molar refractivity (Wildman–Crippen MR) is 439 cm³/mol. The van der Waals surface area contributed by atoms with Gasteiger partial charge in [0.25, 0.3) is 0 Å². The van der Waals surface area contributed by atoms with Crippen molar-refractivity contribution in [3.05, 3.63) is 366 Å². The van der Waals surface area contributed by atoms with Crippen molar-refractivity contribution in [1.29, 1.82) is 0 Å². The molecule has 2 aliphatic carbocycles. The van der Waals surface area contributed by atoms with Gasteiger partial charge in [-0.25, -0.2) is 0 Å². The van der Waals surface area contributed by atoms with Crippen molar-refractivity contribution in [3.63, 3.8) is 0 Å². The summed E-state index contributed by atoms with van der Waals surface area (Å²) in [5.41, 5.74) is 24.2. The molecule has 484 valence electrons. The quantitative estimate of drug-likeness (QED) is 0.129. The third kappa shape index (κ3) is 11.0. The molecule has 0 saturated heterocycles. The molecule has 0 spiro atoms. The van der Waals surface area contributed by atoms with Gasteiger partial charge in [0.05, 0.1) is 0 Å². The maximum absolute atomic E-state index is 9.39. The largest absolute Gasteiger partial charge is 0.488 e. The maximum atomic E-state index is 9.39. The van der Waals surface area contributed by atoms with E-state index in [1.807, 2.05) is 18.2 Å². The van der Waals surface area contributed by atoms with Gasteiger partial charge in [-0.2, -0.15) is 0 Å². The number of halogens is 1. The molecule has 0 heterocycles. The molecule has 0 fully saturated rings. The summed E-state index contributed by atoms with van der Waals surface area (Å²) >= 11 is 3.56. The van der Waals surface area contributed by atoms with Gasteiger partial charge in [-0.1, -0.05) is 311 Å². The predicted octanol–water partition coefficient (Wildman–Crippen LogP) is 25.7. The average molecular weight is 1370 g/mol. The van der Waals surface area contributed by atoms with Crippen molar-refractivity contribution in [2.24, 2.45) is 0 Å². The summed E-state index contributed by atoms with van der Waals surface area (Å²) in [4.78, 5) is 0. The summed E-state index contributed by atoms with van der Waals surface area (Å²) < 4.78 is 1.12. The molecule has 18 aromatic rings. The van der Waals surface area contributed by atoms with Crippen molar-refractivity contribution in [2.45, 2.75) is 38.5 Å². The molecule has 0 radical (unpaired) electrons. The molecule has 0 saturated carbocycles. The summed E-state index contributed by atoms with van der Waals surface area (Å²) in [7, 11) is -1.45. The summed E-state index contributed by atoms with van der Waals surface area (Å²) in [6.45, 7) is 9.36. The van der Waals surface area contributed by atoms with Gasteiger partial charge in [0.2, 0.25) is 0 Å². The highest BCUT2D eigenvalue weighted by Gasteiger charge is 2.36. The molecule has 20 rings (SSSR count). The van der Waals surface area contributed by atoms with Crippen molar-refractivity contribution in [2.75, 3.05) is 0 Å². The molecule has 102 heavy (non-hydrogen) atoms. The minimum atomic E-state index is -1.45. The van der Waals surface area contributed by atoms with Gasteiger partial charge in [0.15, 0.2) is 0 Å². The fraction of sp³-hybridized carbons (Fsp3) is 0.0612. The average Bonchev–Trinajstić information content (AvgIpc) is 1.48. The highest BCUT2D eigenvalue weighted by Crippen LogP contribution is 2.52. The van der Waals surface area contributed by atoms with Crippen LogP contribution in [0, 0.1) is 0 Å². The molecule has 0 atom stereocenters. The molecule has 0 unspecified atom stereocenters. The third-order valence-corrected chi connectivity index (χ3v) is 22.5. The second-order valence-corrected chi connectivity index (χ2v) is 29.6. The van der Waals surface area contributed by atoms with Crippen LogP contribution < -0.4 is 5.46 Å². The first-order chi connectivity index (χ1) is 49.7. The van der Waals surface area contributed by atoms with E-state index in [1.165, 1.54) is 170 Å². The molecule has 2 nitrogen and oxygen atoms in total. The lowest BCUT2D eigenvalue weighted by Crippen LogP contribution is -2.29. The van der Waals surface area contributed by atoms with Crippen LogP contribution in [0.4, 0.5) is 0 Å². The SMILES string of the molecule is CC1(C)c2ccccc2-c2ccc(-c3ccc4cc(-c5ccc6cc(-c7cc8ccccc8c8ccccc78)ccc6c5)ccc4c3)cc21.CC1(C)c2ccccc2-c2ccc(-c3ccc4cc(Br)ccc4c3)cc21.OB(O)c1ccc2cc(-c3cc4ccccc4c4ccccc34)ccc2c1. The topological polar surface area (TPSA) is 40.5 Å². The van der Waals surface area contributed by atoms with Crippen molar-refractivity contribution >= 4 is 115 Å². The van der Waals surface area contributed by atoms with Gasteiger partial charge >= 0.3 is 7.12 Å². The first-order valence-corrected chi connectivity index (χ1v) is 36.0. The number of hydrogen-bond donors (Lipinski definition) is 2. The van der Waals surface area contributed by atoms with Crippen LogP contribution in [0.25, 0.3) is 164 Å². The minimum Gasteiger partial charge on any atom is -0.423 e. The van der Waals surface area contributed by atoms with Crippen molar-refractivity contribution < 1.29 is 10.0 Å². The lowest BCUT2D eigenvalue weighted by molar-refractivity contribution is 0.426. The minimum absolute atomic E-state index is 0.0000735. The van der Waals surface area contributed by atoms with Crippen LogP contribution in [-0.4, -0.2) is 17.2 Å². The second kappa shape index (κ2) is 25.0. The fourth-order valence-electron chi connectivity index (χ4n) is 16.5. The van der Waals surface area contributed by atoms with Gasteiger partial charge in [0, 0.05) is 15.3 Å². The highest BCUT2D eigenvalue weighted by atomic mass is 79.9. The molecular weight excluding hydrogens is 1300 g/mol. The maximum Gasteiger partial charge on any atom is 0.488 e. The van der Waals surface area contributed by atoms with E-state index in [0.29, 0.717) is 5.46 Å². The van der Waals surface area contributed by atoms with Crippen molar-refractivity contribution in [1.82, 2.24) is 0 Å². The molecule has 2 aliphatic rings. The first-order valence-electron chi connectivity index (χ1n) is 35.2. The van der Waals surface area contributed by atoms with Crippen LogP contribution in [0.1, 0.15) is 49.9 Å². The van der Waals surface area contributed by atoms with Gasteiger partial charge in [-0.3, -0.25) is 0 Å². The Balaban J connectivity index is 0.000000119.